The number of hydrogen-bond acceptors (Lipinski definition) is 4. The molecule has 1 aliphatic heterocycles. The van der Waals surface area contributed by atoms with Crippen LogP contribution in [-0.2, 0) is 9.53 Å². The topological polar surface area (TPSA) is 54.5 Å². The number of morpholine rings is 1. The van der Waals surface area contributed by atoms with Crippen molar-refractivity contribution < 1.29 is 13.9 Å². The van der Waals surface area contributed by atoms with Crippen molar-refractivity contribution in [2.45, 2.75) is 19.1 Å². The van der Waals surface area contributed by atoms with Crippen molar-refractivity contribution in [1.82, 2.24) is 15.2 Å². The summed E-state index contributed by atoms with van der Waals surface area (Å²) in [5, 5.41) is 3.25. The molecule has 3 rings (SSSR count). The van der Waals surface area contributed by atoms with E-state index in [0.29, 0.717) is 19.7 Å². The van der Waals surface area contributed by atoms with Crippen molar-refractivity contribution in [3.8, 4) is 0 Å². The molecule has 1 fully saturated rings. The van der Waals surface area contributed by atoms with E-state index in [2.05, 4.69) is 10.3 Å². The van der Waals surface area contributed by atoms with Gasteiger partial charge in [-0.15, -0.1) is 0 Å². The number of hydrogen-bond donors (Lipinski definition) is 1. The molecule has 0 spiro atoms. The molecule has 25 heavy (non-hydrogen) atoms. The maximum absolute atomic E-state index is 13.1. The number of aromatic nitrogens is 1. The molecule has 5 nitrogen and oxygen atoms in total. The standard InChI is InChI=1S/C19H22FN3O2/c1-14(15-6-8-21-9-7-15)22-12-19(24)23-10-11-25-18(13-23)16-2-4-17(20)5-3-16/h2-9,14,18,22H,10-13H2,1H3/t14-,18+/m0/s1. The molecular formula is C19H22FN3O2. The third kappa shape index (κ3) is 4.61. The summed E-state index contributed by atoms with van der Waals surface area (Å²) < 4.78 is 18.8. The highest BCUT2D eigenvalue weighted by molar-refractivity contribution is 5.78. The third-order valence-electron chi connectivity index (χ3n) is 4.43. The van der Waals surface area contributed by atoms with Gasteiger partial charge in [0.2, 0.25) is 5.91 Å². The summed E-state index contributed by atoms with van der Waals surface area (Å²) in [7, 11) is 0. The van der Waals surface area contributed by atoms with Gasteiger partial charge in [0.05, 0.1) is 19.7 Å². The SMILES string of the molecule is C[C@H](NCC(=O)N1CCO[C@@H](c2ccc(F)cc2)C1)c1ccncc1. The maximum Gasteiger partial charge on any atom is 0.236 e. The van der Waals surface area contributed by atoms with Gasteiger partial charge in [-0.05, 0) is 42.3 Å². The van der Waals surface area contributed by atoms with Crippen LogP contribution in [0.1, 0.15) is 30.2 Å². The molecule has 6 heteroatoms. The number of ether oxygens (including phenoxy) is 1. The smallest absolute Gasteiger partial charge is 0.236 e. The van der Waals surface area contributed by atoms with E-state index in [9.17, 15) is 9.18 Å². The van der Waals surface area contributed by atoms with Gasteiger partial charge in [0, 0.05) is 25.0 Å². The third-order valence-corrected chi connectivity index (χ3v) is 4.43. The van der Waals surface area contributed by atoms with E-state index in [1.807, 2.05) is 19.1 Å². The average Bonchev–Trinajstić information content (AvgIpc) is 2.67. The minimum absolute atomic E-state index is 0.0383. The van der Waals surface area contributed by atoms with E-state index < -0.39 is 0 Å². The predicted molar refractivity (Wildman–Crippen MR) is 92.3 cm³/mol. The Hall–Kier alpha value is -2.31. The van der Waals surface area contributed by atoms with Crippen molar-refractivity contribution in [3.63, 3.8) is 0 Å². The van der Waals surface area contributed by atoms with Gasteiger partial charge >= 0.3 is 0 Å². The molecule has 1 N–H and O–H groups in total. The van der Waals surface area contributed by atoms with Crippen LogP contribution in [0.5, 0.6) is 0 Å². The molecule has 2 aromatic rings. The molecule has 1 aliphatic rings. The normalized spacial score (nSPS) is 18.8. The Kier molecular flexibility index (Phi) is 5.73. The summed E-state index contributed by atoms with van der Waals surface area (Å²) >= 11 is 0. The minimum atomic E-state index is -0.276. The van der Waals surface area contributed by atoms with Crippen molar-refractivity contribution >= 4 is 5.91 Å². The average molecular weight is 343 g/mol. The Labute approximate surface area is 146 Å². The molecular weight excluding hydrogens is 321 g/mol. The van der Waals surface area contributed by atoms with Crippen LogP contribution in [0.25, 0.3) is 0 Å². The van der Waals surface area contributed by atoms with E-state index in [0.717, 1.165) is 11.1 Å². The molecule has 1 aromatic heterocycles. The Morgan fingerprint density at radius 3 is 2.76 bits per heavy atom. The highest BCUT2D eigenvalue weighted by Gasteiger charge is 2.25. The van der Waals surface area contributed by atoms with Crippen molar-refractivity contribution in [1.29, 1.82) is 0 Å². The number of benzene rings is 1. The summed E-state index contributed by atoms with van der Waals surface area (Å²) in [4.78, 5) is 18.3. The predicted octanol–water partition coefficient (Wildman–Crippen LogP) is 2.47. The van der Waals surface area contributed by atoms with Crippen LogP contribution in [0.3, 0.4) is 0 Å². The van der Waals surface area contributed by atoms with E-state index in [4.69, 9.17) is 4.74 Å². The fraction of sp³-hybridized carbons (Fsp3) is 0.368. The fourth-order valence-electron chi connectivity index (χ4n) is 2.88. The Bertz CT molecular complexity index is 694. The molecule has 1 aromatic carbocycles. The van der Waals surface area contributed by atoms with Crippen molar-refractivity contribution in [2.75, 3.05) is 26.2 Å². The second kappa shape index (κ2) is 8.18. The number of halogens is 1. The molecule has 1 saturated heterocycles. The fourth-order valence-corrected chi connectivity index (χ4v) is 2.88. The van der Waals surface area contributed by atoms with Crippen LogP contribution >= 0.6 is 0 Å². The molecule has 0 unspecified atom stereocenters. The van der Waals surface area contributed by atoms with Crippen LogP contribution in [0.2, 0.25) is 0 Å². The zero-order chi connectivity index (χ0) is 17.6. The Morgan fingerprint density at radius 2 is 2.04 bits per heavy atom. The molecule has 2 atom stereocenters. The monoisotopic (exact) mass is 343 g/mol. The van der Waals surface area contributed by atoms with Crippen molar-refractivity contribution in [2.24, 2.45) is 0 Å². The number of amides is 1. The number of rotatable bonds is 5. The first-order valence-electron chi connectivity index (χ1n) is 8.41. The summed E-state index contributed by atoms with van der Waals surface area (Å²) in [6.07, 6.45) is 3.27. The number of carbonyl (C=O) groups is 1. The van der Waals surface area contributed by atoms with E-state index >= 15 is 0 Å². The number of carbonyl (C=O) groups excluding carboxylic acids is 1. The molecule has 0 radical (unpaired) electrons. The van der Waals surface area contributed by atoms with Gasteiger partial charge in [-0.25, -0.2) is 4.39 Å². The zero-order valence-electron chi connectivity index (χ0n) is 14.2. The molecule has 0 saturated carbocycles. The Balaban J connectivity index is 1.54. The second-order valence-corrected chi connectivity index (χ2v) is 6.13. The first kappa shape index (κ1) is 17.5. The largest absolute Gasteiger partial charge is 0.370 e. The number of pyridine rings is 1. The van der Waals surface area contributed by atoms with Gasteiger partial charge in [0.15, 0.2) is 0 Å². The summed E-state index contributed by atoms with van der Waals surface area (Å²) in [6, 6.07) is 10.2. The molecule has 1 amide bonds. The first-order chi connectivity index (χ1) is 12.1. The second-order valence-electron chi connectivity index (χ2n) is 6.13. The van der Waals surface area contributed by atoms with Gasteiger partial charge in [0.1, 0.15) is 11.9 Å². The lowest BCUT2D eigenvalue weighted by Crippen LogP contribution is -2.46. The summed E-state index contributed by atoms with van der Waals surface area (Å²) in [5.74, 6) is -0.238. The van der Waals surface area contributed by atoms with E-state index in [-0.39, 0.29) is 30.4 Å². The maximum atomic E-state index is 13.1. The lowest BCUT2D eigenvalue weighted by molar-refractivity contribution is -0.138. The highest BCUT2D eigenvalue weighted by atomic mass is 19.1. The van der Waals surface area contributed by atoms with Crippen LogP contribution < -0.4 is 5.32 Å². The molecule has 0 aliphatic carbocycles. The summed E-state index contributed by atoms with van der Waals surface area (Å²) in [5.41, 5.74) is 1.98. The van der Waals surface area contributed by atoms with Crippen LogP contribution in [0.15, 0.2) is 48.8 Å². The zero-order valence-corrected chi connectivity index (χ0v) is 14.2. The van der Waals surface area contributed by atoms with E-state index in [1.54, 1.807) is 29.4 Å². The number of nitrogens with zero attached hydrogens (tertiary/aromatic N) is 2. The van der Waals surface area contributed by atoms with Gasteiger partial charge in [-0.3, -0.25) is 9.78 Å². The first-order valence-corrected chi connectivity index (χ1v) is 8.41. The molecule has 0 bridgehead atoms. The number of nitrogens with one attached hydrogen (secondary N) is 1. The van der Waals surface area contributed by atoms with Gasteiger partial charge in [-0.2, -0.15) is 0 Å². The van der Waals surface area contributed by atoms with E-state index in [1.165, 1.54) is 12.1 Å². The lowest BCUT2D eigenvalue weighted by atomic mass is 10.1. The molecule has 2 heterocycles. The minimum Gasteiger partial charge on any atom is -0.370 e. The van der Waals surface area contributed by atoms with Crippen molar-refractivity contribution in [3.05, 3.63) is 65.7 Å². The van der Waals surface area contributed by atoms with Gasteiger partial charge in [-0.1, -0.05) is 12.1 Å². The lowest BCUT2D eigenvalue weighted by Gasteiger charge is -2.33. The summed E-state index contributed by atoms with van der Waals surface area (Å²) in [6.45, 7) is 3.81. The van der Waals surface area contributed by atoms with Crippen LogP contribution in [0, 0.1) is 5.82 Å². The Morgan fingerprint density at radius 1 is 1.32 bits per heavy atom. The quantitative estimate of drug-likeness (QED) is 0.906. The molecule has 132 valence electrons. The highest BCUT2D eigenvalue weighted by Crippen LogP contribution is 2.22. The van der Waals surface area contributed by atoms with Gasteiger partial charge in [0.25, 0.3) is 0 Å². The van der Waals surface area contributed by atoms with Crippen LogP contribution in [-0.4, -0.2) is 42.0 Å². The van der Waals surface area contributed by atoms with Crippen LogP contribution in [0.4, 0.5) is 4.39 Å². The van der Waals surface area contributed by atoms with Gasteiger partial charge < -0.3 is 15.0 Å².